The summed E-state index contributed by atoms with van der Waals surface area (Å²) in [7, 11) is 1.57. The molecule has 0 bridgehead atoms. The molecule has 4 heteroatoms. The maximum atomic E-state index is 12.7. The van der Waals surface area contributed by atoms with E-state index in [1.54, 1.807) is 37.6 Å². The zero-order chi connectivity index (χ0) is 14.6. The molecule has 2 aromatic carbocycles. The van der Waals surface area contributed by atoms with Gasteiger partial charge >= 0.3 is 0 Å². The average Bonchev–Trinajstić information content (AvgIpc) is 2.53. The van der Waals surface area contributed by atoms with E-state index in [9.17, 15) is 9.59 Å². The molecular weight excluding hydrogens is 266 g/mol. The number of fused-ring (bicyclic) bond motifs is 2. The predicted octanol–water partition coefficient (Wildman–Crippen LogP) is 2.41. The first-order valence-electron chi connectivity index (χ1n) is 6.58. The van der Waals surface area contributed by atoms with E-state index in [0.29, 0.717) is 27.4 Å². The smallest absolute Gasteiger partial charge is 0.197 e. The van der Waals surface area contributed by atoms with Crippen LogP contribution in [0.4, 0.5) is 0 Å². The van der Waals surface area contributed by atoms with Gasteiger partial charge in [-0.1, -0.05) is 6.07 Å². The topological polar surface area (TPSA) is 47.8 Å². The van der Waals surface area contributed by atoms with Gasteiger partial charge in [-0.3, -0.25) is 9.59 Å². The average molecular weight is 277 g/mol. The molecule has 21 heavy (non-hydrogen) atoms. The van der Waals surface area contributed by atoms with Crippen LogP contribution >= 0.6 is 0 Å². The summed E-state index contributed by atoms with van der Waals surface area (Å²) in [5.41, 5.74) is 1.28. The van der Waals surface area contributed by atoms with Gasteiger partial charge in [0, 0.05) is 23.0 Å². The molecule has 0 saturated heterocycles. The van der Waals surface area contributed by atoms with Crippen LogP contribution in [0.1, 0.15) is 0 Å². The maximum Gasteiger partial charge on any atom is 0.197 e. The van der Waals surface area contributed by atoms with Crippen LogP contribution in [0.2, 0.25) is 0 Å². The van der Waals surface area contributed by atoms with Crippen LogP contribution in [0.3, 0.4) is 0 Å². The number of rotatable bonds is 1. The fraction of sp³-hybridized carbons (Fsp3) is 0.0588. The second kappa shape index (κ2) is 4.06. The lowest BCUT2D eigenvalue weighted by Gasteiger charge is -2.11. The van der Waals surface area contributed by atoms with E-state index in [1.807, 2.05) is 16.5 Å². The van der Waals surface area contributed by atoms with Crippen molar-refractivity contribution in [1.82, 2.24) is 4.40 Å². The Hall–Kier alpha value is -2.88. The van der Waals surface area contributed by atoms with Crippen LogP contribution in [0.15, 0.2) is 58.3 Å². The van der Waals surface area contributed by atoms with Crippen LogP contribution in [-0.4, -0.2) is 11.5 Å². The van der Waals surface area contributed by atoms with Gasteiger partial charge in [0.05, 0.1) is 23.5 Å². The molecule has 4 nitrogen and oxygen atoms in total. The SMILES string of the molecule is COc1ccc2c(c1)c(=O)c1cccc3c(=O)ccn2c31. The number of para-hydroxylation sites is 1. The van der Waals surface area contributed by atoms with E-state index in [4.69, 9.17) is 4.74 Å². The molecule has 4 aromatic rings. The van der Waals surface area contributed by atoms with Crippen LogP contribution < -0.4 is 15.6 Å². The summed E-state index contributed by atoms with van der Waals surface area (Å²) >= 11 is 0. The summed E-state index contributed by atoms with van der Waals surface area (Å²) in [5.74, 6) is 0.638. The molecular formula is C17H11NO3. The maximum absolute atomic E-state index is 12.7. The van der Waals surface area contributed by atoms with Crippen LogP contribution in [0.25, 0.3) is 27.2 Å². The van der Waals surface area contributed by atoms with Crippen LogP contribution in [0, 0.1) is 0 Å². The van der Waals surface area contributed by atoms with E-state index < -0.39 is 0 Å². The molecule has 0 N–H and O–H groups in total. The van der Waals surface area contributed by atoms with Gasteiger partial charge in [0.1, 0.15) is 5.75 Å². The van der Waals surface area contributed by atoms with Gasteiger partial charge in [0.2, 0.25) is 0 Å². The van der Waals surface area contributed by atoms with Crippen molar-refractivity contribution in [2.75, 3.05) is 7.11 Å². The zero-order valence-corrected chi connectivity index (χ0v) is 11.3. The van der Waals surface area contributed by atoms with Crippen molar-refractivity contribution in [2.45, 2.75) is 0 Å². The van der Waals surface area contributed by atoms with Crippen molar-refractivity contribution in [3.63, 3.8) is 0 Å². The largest absolute Gasteiger partial charge is 0.497 e. The number of aromatic nitrogens is 1. The monoisotopic (exact) mass is 277 g/mol. The number of hydrogen-bond acceptors (Lipinski definition) is 3. The molecule has 4 rings (SSSR count). The van der Waals surface area contributed by atoms with E-state index in [-0.39, 0.29) is 10.9 Å². The minimum atomic E-state index is -0.0832. The third kappa shape index (κ3) is 1.50. The standard InChI is InChI=1S/C17H11NO3/c1-21-10-5-6-14-13(9-10)17(20)12-4-2-3-11-15(19)7-8-18(14)16(11)12/h2-9H,1H3. The van der Waals surface area contributed by atoms with Gasteiger partial charge < -0.3 is 9.14 Å². The lowest BCUT2D eigenvalue weighted by molar-refractivity contribution is 0.415. The van der Waals surface area contributed by atoms with Gasteiger partial charge in [-0.05, 0) is 30.3 Å². The highest BCUT2D eigenvalue weighted by atomic mass is 16.5. The Bertz CT molecular complexity index is 1110. The normalized spacial score (nSPS) is 11.5. The minimum Gasteiger partial charge on any atom is -0.497 e. The molecule has 0 spiro atoms. The minimum absolute atomic E-state index is 0.0761. The highest BCUT2D eigenvalue weighted by molar-refractivity contribution is 6.02. The van der Waals surface area contributed by atoms with Crippen molar-refractivity contribution in [1.29, 1.82) is 0 Å². The molecule has 0 unspecified atom stereocenters. The second-order valence-corrected chi connectivity index (χ2v) is 4.96. The van der Waals surface area contributed by atoms with Crippen molar-refractivity contribution < 1.29 is 4.74 Å². The zero-order valence-electron chi connectivity index (χ0n) is 11.3. The first-order valence-corrected chi connectivity index (χ1v) is 6.58. The number of benzene rings is 2. The number of pyridine rings is 2. The third-order valence-electron chi connectivity index (χ3n) is 3.87. The highest BCUT2D eigenvalue weighted by Gasteiger charge is 2.12. The summed E-state index contributed by atoms with van der Waals surface area (Å²) in [5, 5.41) is 1.69. The summed E-state index contributed by atoms with van der Waals surface area (Å²) < 4.78 is 7.09. The fourth-order valence-corrected chi connectivity index (χ4v) is 2.87. The lowest BCUT2D eigenvalue weighted by atomic mass is 10.1. The van der Waals surface area contributed by atoms with Gasteiger partial charge in [0.25, 0.3) is 0 Å². The summed E-state index contributed by atoms with van der Waals surface area (Å²) in [6.45, 7) is 0. The Labute approximate surface area is 119 Å². The summed E-state index contributed by atoms with van der Waals surface area (Å²) in [6.07, 6.45) is 1.71. The van der Waals surface area contributed by atoms with E-state index in [1.165, 1.54) is 6.07 Å². The van der Waals surface area contributed by atoms with Crippen LogP contribution in [-0.2, 0) is 0 Å². The van der Waals surface area contributed by atoms with E-state index in [0.717, 1.165) is 5.52 Å². The molecule has 2 heterocycles. The lowest BCUT2D eigenvalue weighted by Crippen LogP contribution is -2.11. The van der Waals surface area contributed by atoms with E-state index >= 15 is 0 Å². The molecule has 0 aliphatic rings. The quantitative estimate of drug-likeness (QED) is 0.396. The Morgan fingerprint density at radius 1 is 0.952 bits per heavy atom. The molecule has 0 aliphatic heterocycles. The summed E-state index contributed by atoms with van der Waals surface area (Å²) in [4.78, 5) is 24.7. The predicted molar refractivity (Wildman–Crippen MR) is 82.7 cm³/mol. The van der Waals surface area contributed by atoms with Crippen LogP contribution in [0.5, 0.6) is 5.75 Å². The molecule has 0 aliphatic carbocycles. The summed E-state index contributed by atoms with van der Waals surface area (Å²) in [6, 6.07) is 12.2. The molecule has 102 valence electrons. The molecule has 0 saturated carbocycles. The van der Waals surface area contributed by atoms with Gasteiger partial charge in [-0.15, -0.1) is 0 Å². The third-order valence-corrected chi connectivity index (χ3v) is 3.87. The fourth-order valence-electron chi connectivity index (χ4n) is 2.87. The van der Waals surface area contributed by atoms with Gasteiger partial charge in [-0.25, -0.2) is 0 Å². The van der Waals surface area contributed by atoms with Crippen molar-refractivity contribution in [2.24, 2.45) is 0 Å². The Morgan fingerprint density at radius 2 is 1.76 bits per heavy atom. The molecule has 0 atom stereocenters. The number of ether oxygens (including phenoxy) is 1. The number of hydrogen-bond donors (Lipinski definition) is 0. The Kier molecular flexibility index (Phi) is 2.30. The van der Waals surface area contributed by atoms with Gasteiger partial charge in [-0.2, -0.15) is 0 Å². The first-order chi connectivity index (χ1) is 10.2. The van der Waals surface area contributed by atoms with E-state index in [2.05, 4.69) is 0 Å². The number of methoxy groups -OCH3 is 1. The van der Waals surface area contributed by atoms with Crippen molar-refractivity contribution >= 4 is 27.2 Å². The first kappa shape index (κ1) is 11.9. The number of nitrogens with zero attached hydrogens (tertiary/aromatic N) is 1. The molecule has 0 fully saturated rings. The highest BCUT2D eigenvalue weighted by Crippen LogP contribution is 2.24. The molecule has 2 aromatic heterocycles. The molecule has 0 radical (unpaired) electrons. The Morgan fingerprint density at radius 3 is 2.57 bits per heavy atom. The van der Waals surface area contributed by atoms with Crippen molar-refractivity contribution in [3.8, 4) is 5.75 Å². The van der Waals surface area contributed by atoms with Crippen molar-refractivity contribution in [3.05, 3.63) is 69.1 Å². The Balaban J connectivity index is 2.40. The van der Waals surface area contributed by atoms with Gasteiger partial charge in [0.15, 0.2) is 10.9 Å². The second-order valence-electron chi connectivity index (χ2n) is 4.96. The molecule has 0 amide bonds.